The normalized spacial score (nSPS) is 13.5. The molecule has 0 saturated heterocycles. The molecule has 0 saturated carbocycles. The zero-order valence-corrected chi connectivity index (χ0v) is 7.62. The van der Waals surface area contributed by atoms with E-state index in [9.17, 15) is 4.79 Å². The second-order valence-electron chi connectivity index (χ2n) is 2.57. The molecule has 1 unspecified atom stereocenters. The lowest BCUT2D eigenvalue weighted by molar-refractivity contribution is -0.136. The predicted molar refractivity (Wildman–Crippen MR) is 47.1 cm³/mol. The molecule has 0 aromatic rings. The van der Waals surface area contributed by atoms with Gasteiger partial charge in [0, 0.05) is 6.61 Å². The number of hydrogen-bond donors (Lipinski definition) is 1. The van der Waals surface area contributed by atoms with Crippen molar-refractivity contribution in [2.24, 2.45) is 0 Å². The molecule has 0 aromatic heterocycles. The van der Waals surface area contributed by atoms with Crippen molar-refractivity contribution in [3.63, 3.8) is 0 Å². The second kappa shape index (κ2) is 6.85. The molecule has 3 heteroatoms. The summed E-state index contributed by atoms with van der Waals surface area (Å²) in [7, 11) is 0. The molecule has 70 valence electrons. The Kier molecular flexibility index (Phi) is 6.38. The lowest BCUT2D eigenvalue weighted by Gasteiger charge is -2.07. The van der Waals surface area contributed by atoms with Gasteiger partial charge in [-0.15, -0.1) is 0 Å². The van der Waals surface area contributed by atoms with Crippen LogP contribution in [0.4, 0.5) is 0 Å². The third kappa shape index (κ3) is 7.28. The minimum Gasteiger partial charge on any atom is -0.481 e. The fourth-order valence-electron chi connectivity index (χ4n) is 0.825. The zero-order valence-electron chi connectivity index (χ0n) is 7.62. The molecule has 1 N–H and O–H groups in total. The fraction of sp³-hybridized carbons (Fsp3) is 0.667. The van der Waals surface area contributed by atoms with E-state index in [2.05, 4.69) is 0 Å². The van der Waals surface area contributed by atoms with Gasteiger partial charge >= 0.3 is 5.97 Å². The van der Waals surface area contributed by atoms with Crippen LogP contribution in [0.3, 0.4) is 0 Å². The SMILES string of the molecule is CCOC(C)C/C=C\CC(=O)O. The van der Waals surface area contributed by atoms with Crippen LogP contribution in [0.1, 0.15) is 26.7 Å². The molecule has 0 aliphatic rings. The predicted octanol–water partition coefficient (Wildman–Crippen LogP) is 1.83. The van der Waals surface area contributed by atoms with Gasteiger partial charge in [0.05, 0.1) is 12.5 Å². The van der Waals surface area contributed by atoms with E-state index in [1.807, 2.05) is 19.9 Å². The average Bonchev–Trinajstić information content (AvgIpc) is 1.98. The van der Waals surface area contributed by atoms with Crippen molar-refractivity contribution in [1.29, 1.82) is 0 Å². The Labute approximate surface area is 73.0 Å². The van der Waals surface area contributed by atoms with Gasteiger partial charge in [0.2, 0.25) is 0 Å². The van der Waals surface area contributed by atoms with Gasteiger partial charge in [-0.05, 0) is 20.3 Å². The molecule has 0 bridgehead atoms. The smallest absolute Gasteiger partial charge is 0.307 e. The van der Waals surface area contributed by atoms with Crippen LogP contribution in [0.5, 0.6) is 0 Å². The highest BCUT2D eigenvalue weighted by molar-refractivity contribution is 5.68. The van der Waals surface area contributed by atoms with E-state index in [0.717, 1.165) is 6.42 Å². The summed E-state index contributed by atoms with van der Waals surface area (Å²) in [5, 5.41) is 8.30. The van der Waals surface area contributed by atoms with Crippen LogP contribution in [-0.2, 0) is 9.53 Å². The number of rotatable bonds is 6. The second-order valence-corrected chi connectivity index (χ2v) is 2.57. The quantitative estimate of drug-likeness (QED) is 0.622. The van der Waals surface area contributed by atoms with Crippen LogP contribution >= 0.6 is 0 Å². The number of ether oxygens (including phenoxy) is 1. The zero-order chi connectivity index (χ0) is 9.40. The van der Waals surface area contributed by atoms with Crippen LogP contribution in [0, 0.1) is 0 Å². The third-order valence-electron chi connectivity index (χ3n) is 1.38. The molecule has 0 spiro atoms. The number of aliphatic carboxylic acids is 1. The first-order valence-electron chi connectivity index (χ1n) is 4.15. The summed E-state index contributed by atoms with van der Waals surface area (Å²) in [5.74, 6) is -0.796. The van der Waals surface area contributed by atoms with Crippen LogP contribution in [-0.4, -0.2) is 23.8 Å². The molecule has 3 nitrogen and oxygen atoms in total. The maximum absolute atomic E-state index is 10.1. The van der Waals surface area contributed by atoms with Gasteiger partial charge in [0.15, 0.2) is 0 Å². The van der Waals surface area contributed by atoms with Gasteiger partial charge in [-0.1, -0.05) is 12.2 Å². The van der Waals surface area contributed by atoms with Gasteiger partial charge in [-0.3, -0.25) is 4.79 Å². The topological polar surface area (TPSA) is 46.5 Å². The Bertz CT molecular complexity index is 152. The number of hydrogen-bond acceptors (Lipinski definition) is 2. The molecule has 0 amide bonds. The van der Waals surface area contributed by atoms with Crippen molar-refractivity contribution in [2.75, 3.05) is 6.61 Å². The lowest BCUT2D eigenvalue weighted by atomic mass is 10.2. The number of carboxylic acid groups (broad SMARTS) is 1. The minimum absolute atomic E-state index is 0.0961. The highest BCUT2D eigenvalue weighted by atomic mass is 16.5. The largest absolute Gasteiger partial charge is 0.481 e. The van der Waals surface area contributed by atoms with Crippen molar-refractivity contribution in [2.45, 2.75) is 32.8 Å². The lowest BCUT2D eigenvalue weighted by Crippen LogP contribution is -2.05. The Hall–Kier alpha value is -0.830. The Morgan fingerprint density at radius 1 is 1.58 bits per heavy atom. The van der Waals surface area contributed by atoms with Crippen LogP contribution in [0.2, 0.25) is 0 Å². The number of carboxylic acids is 1. The van der Waals surface area contributed by atoms with Crippen LogP contribution in [0.25, 0.3) is 0 Å². The van der Waals surface area contributed by atoms with E-state index in [-0.39, 0.29) is 12.5 Å². The molecule has 12 heavy (non-hydrogen) atoms. The monoisotopic (exact) mass is 172 g/mol. The van der Waals surface area contributed by atoms with E-state index < -0.39 is 5.97 Å². The van der Waals surface area contributed by atoms with Gasteiger partial charge < -0.3 is 9.84 Å². The van der Waals surface area contributed by atoms with Crippen LogP contribution in [0.15, 0.2) is 12.2 Å². The third-order valence-corrected chi connectivity index (χ3v) is 1.38. The fourth-order valence-corrected chi connectivity index (χ4v) is 0.825. The van der Waals surface area contributed by atoms with E-state index in [0.29, 0.717) is 6.61 Å². The summed E-state index contributed by atoms with van der Waals surface area (Å²) in [5.41, 5.74) is 0. The van der Waals surface area contributed by atoms with Crippen molar-refractivity contribution in [3.8, 4) is 0 Å². The highest BCUT2D eigenvalue weighted by Crippen LogP contribution is 1.98. The molecule has 0 fully saturated rings. The van der Waals surface area contributed by atoms with Gasteiger partial charge in [-0.25, -0.2) is 0 Å². The summed E-state index contributed by atoms with van der Waals surface area (Å²) in [4.78, 5) is 10.1. The van der Waals surface area contributed by atoms with Crippen molar-refractivity contribution in [3.05, 3.63) is 12.2 Å². The van der Waals surface area contributed by atoms with Gasteiger partial charge in [-0.2, -0.15) is 0 Å². The maximum Gasteiger partial charge on any atom is 0.307 e. The standard InChI is InChI=1S/C9H16O3/c1-3-12-8(2)6-4-5-7-9(10)11/h4-5,8H,3,6-7H2,1-2H3,(H,10,11)/b5-4-. The Balaban J connectivity index is 3.39. The van der Waals surface area contributed by atoms with E-state index >= 15 is 0 Å². The molecule has 0 rings (SSSR count). The summed E-state index contributed by atoms with van der Waals surface area (Å²) < 4.78 is 5.25. The van der Waals surface area contributed by atoms with Crippen molar-refractivity contribution < 1.29 is 14.6 Å². The molecular weight excluding hydrogens is 156 g/mol. The molecule has 0 aliphatic heterocycles. The summed E-state index contributed by atoms with van der Waals surface area (Å²) in [6.45, 7) is 4.61. The van der Waals surface area contributed by atoms with E-state index in [4.69, 9.17) is 9.84 Å². The molecule has 0 aliphatic carbocycles. The molecule has 0 aromatic carbocycles. The molecular formula is C9H16O3. The Morgan fingerprint density at radius 2 is 2.25 bits per heavy atom. The van der Waals surface area contributed by atoms with Crippen LogP contribution < -0.4 is 0 Å². The first-order valence-corrected chi connectivity index (χ1v) is 4.15. The van der Waals surface area contributed by atoms with Gasteiger partial charge in [0.25, 0.3) is 0 Å². The summed E-state index contributed by atoms with van der Waals surface area (Å²) in [6.07, 6.45) is 4.55. The van der Waals surface area contributed by atoms with Crippen molar-refractivity contribution >= 4 is 5.97 Å². The van der Waals surface area contributed by atoms with E-state index in [1.165, 1.54) is 0 Å². The minimum atomic E-state index is -0.796. The van der Waals surface area contributed by atoms with Crippen molar-refractivity contribution in [1.82, 2.24) is 0 Å². The summed E-state index contributed by atoms with van der Waals surface area (Å²) in [6, 6.07) is 0. The van der Waals surface area contributed by atoms with E-state index in [1.54, 1.807) is 6.08 Å². The molecule has 0 radical (unpaired) electrons. The number of carbonyl (C=O) groups is 1. The maximum atomic E-state index is 10.1. The highest BCUT2D eigenvalue weighted by Gasteiger charge is 1.96. The first-order chi connectivity index (χ1) is 5.66. The Morgan fingerprint density at radius 3 is 2.75 bits per heavy atom. The molecule has 0 heterocycles. The van der Waals surface area contributed by atoms with Gasteiger partial charge in [0.1, 0.15) is 0 Å². The summed E-state index contributed by atoms with van der Waals surface area (Å²) >= 11 is 0. The average molecular weight is 172 g/mol. The molecule has 1 atom stereocenters. The first kappa shape index (κ1) is 11.2.